The second kappa shape index (κ2) is 15.1. The van der Waals surface area contributed by atoms with E-state index in [1.54, 1.807) is 43.3 Å². The van der Waals surface area contributed by atoms with E-state index in [1.165, 1.54) is 0 Å². The second-order valence-electron chi connectivity index (χ2n) is 13.9. The van der Waals surface area contributed by atoms with Gasteiger partial charge >= 0.3 is 18.1 Å². The molecule has 0 unspecified atom stereocenters. The molecule has 3 saturated carbocycles. The highest BCUT2D eigenvalue weighted by Crippen LogP contribution is 2.68. The van der Waals surface area contributed by atoms with E-state index >= 15 is 0 Å². The molecular weight excluding hydrogens is 654 g/mol. The molecule has 0 heterocycles. The number of benzene rings is 1. The summed E-state index contributed by atoms with van der Waals surface area (Å²) in [6.07, 6.45) is 4.80. The first-order valence-electron chi connectivity index (χ1n) is 16.9. The van der Waals surface area contributed by atoms with Crippen LogP contribution >= 0.6 is 0 Å². The average molecular weight is 700 g/mol. The van der Waals surface area contributed by atoms with Crippen LogP contribution < -0.4 is 0 Å². The maximum atomic E-state index is 14.1. The van der Waals surface area contributed by atoms with Crippen molar-refractivity contribution in [1.82, 2.24) is 5.39 Å². The van der Waals surface area contributed by atoms with E-state index in [0.29, 0.717) is 30.4 Å². The molecule has 50 heavy (non-hydrogen) atoms. The Bertz CT molecular complexity index is 1540. The van der Waals surface area contributed by atoms with E-state index < -0.39 is 58.4 Å². The van der Waals surface area contributed by atoms with Crippen LogP contribution in [0.5, 0.6) is 0 Å². The number of hydrogen-bond donors (Lipinski definition) is 3. The largest absolute Gasteiger partial charge is 0.509 e. The molecule has 3 N–H and O–H groups in total. The van der Waals surface area contributed by atoms with E-state index in [1.807, 2.05) is 19.9 Å². The Balaban J connectivity index is 1.21. The van der Waals surface area contributed by atoms with Gasteiger partial charge in [0.15, 0.2) is 18.0 Å². The minimum atomic E-state index is -1.72. The minimum Gasteiger partial charge on any atom is -0.461 e. The second-order valence-corrected chi connectivity index (χ2v) is 13.9. The predicted octanol–water partition coefficient (Wildman–Crippen LogP) is 4.32. The number of ether oxygens (including phenoxy) is 4. The van der Waals surface area contributed by atoms with Crippen LogP contribution in [-0.4, -0.2) is 75.5 Å². The van der Waals surface area contributed by atoms with Gasteiger partial charge in [0.05, 0.1) is 37.5 Å². The van der Waals surface area contributed by atoms with Crippen LogP contribution in [0.15, 0.2) is 48.1 Å². The molecule has 0 aliphatic heterocycles. The first-order chi connectivity index (χ1) is 23.7. The van der Waals surface area contributed by atoms with Crippen molar-refractivity contribution in [3.05, 3.63) is 59.2 Å². The fourth-order valence-electron chi connectivity index (χ4n) is 8.92. The number of aliphatic hydroxyl groups is 1. The third-order valence-corrected chi connectivity index (χ3v) is 11.3. The highest BCUT2D eigenvalue weighted by Gasteiger charge is 2.70. The van der Waals surface area contributed by atoms with Crippen molar-refractivity contribution in [1.29, 1.82) is 0 Å². The van der Waals surface area contributed by atoms with Crippen molar-refractivity contribution >= 4 is 29.7 Å². The molecule has 0 saturated heterocycles. The van der Waals surface area contributed by atoms with Gasteiger partial charge in [-0.2, -0.15) is 0 Å². The number of ketones is 2. The molecule has 4 aliphatic carbocycles. The third-order valence-electron chi connectivity index (χ3n) is 11.3. The molecule has 5 rings (SSSR count). The molecule has 272 valence electrons. The van der Waals surface area contributed by atoms with Crippen LogP contribution in [0.2, 0.25) is 0 Å². The zero-order valence-corrected chi connectivity index (χ0v) is 28.5. The molecule has 0 amide bonds. The Morgan fingerprint density at radius 1 is 0.940 bits per heavy atom. The van der Waals surface area contributed by atoms with Crippen molar-refractivity contribution in [2.45, 2.75) is 90.6 Å². The number of esters is 2. The third kappa shape index (κ3) is 7.40. The lowest BCUT2D eigenvalue weighted by molar-refractivity contribution is -0.497. The minimum absolute atomic E-state index is 0.0224. The van der Waals surface area contributed by atoms with Gasteiger partial charge in [0.25, 0.3) is 0 Å². The summed E-state index contributed by atoms with van der Waals surface area (Å²) in [6.45, 7) is 4.69. The van der Waals surface area contributed by atoms with Crippen molar-refractivity contribution in [3.63, 3.8) is 0 Å². The van der Waals surface area contributed by atoms with E-state index in [-0.39, 0.29) is 69.0 Å². The SMILES string of the molecule is CCOC(=O)O[C@]1(C(=O)COC(=O)CCC(=O)OCc2ccc(CON(O)O)cc2)CC[C@H]2[C@@H]3CCC4=CC(=O)C=C[C@]4(C)[C@H]3[C@@H](O)C[C@@]21C. The zero-order valence-electron chi connectivity index (χ0n) is 28.5. The number of fused-ring (bicyclic) bond motifs is 5. The fraction of sp³-hybridized carbons (Fsp3) is 0.583. The molecule has 14 nitrogen and oxygen atoms in total. The van der Waals surface area contributed by atoms with Gasteiger partial charge in [0.2, 0.25) is 5.78 Å². The summed E-state index contributed by atoms with van der Waals surface area (Å²) in [5.74, 6) is -2.50. The first-order valence-corrected chi connectivity index (χ1v) is 16.9. The van der Waals surface area contributed by atoms with Gasteiger partial charge < -0.3 is 24.1 Å². The fourth-order valence-corrected chi connectivity index (χ4v) is 8.92. The molecule has 0 aromatic heterocycles. The lowest BCUT2D eigenvalue weighted by Gasteiger charge is -2.59. The van der Waals surface area contributed by atoms with Crippen molar-refractivity contribution in [3.8, 4) is 0 Å². The standard InChI is InChI=1S/C36H45NO13/c1-4-46-33(43)50-36(16-14-27-26-10-9-24-17-25(38)13-15-34(24,2)32(26)28(39)18-35(27,36)3)29(40)21-48-31(42)12-11-30(41)47-19-22-5-7-23(8-6-22)20-49-37(44)45/h5-8,13,15,17,26-28,32,39,44-45H,4,9-12,14,16,18-21H2,1-3H3/t26-,27-,28-,32+,34-,35-,36-/m0/s1. The van der Waals surface area contributed by atoms with Crippen LogP contribution in [-0.2, 0) is 56.2 Å². The molecule has 4 aliphatic rings. The summed E-state index contributed by atoms with van der Waals surface area (Å²) >= 11 is 0. The van der Waals surface area contributed by atoms with Gasteiger partial charge in [0, 0.05) is 16.7 Å². The smallest absolute Gasteiger partial charge is 0.461 e. The number of carbonyl (C=O) groups excluding carboxylic acids is 5. The summed E-state index contributed by atoms with van der Waals surface area (Å²) in [4.78, 5) is 68.6. The monoisotopic (exact) mass is 699 g/mol. The number of Topliss-reactive ketones (excluding diaryl/α,β-unsaturated/α-hetero) is 1. The highest BCUT2D eigenvalue weighted by molar-refractivity contribution is 6.01. The maximum absolute atomic E-state index is 14.1. The van der Waals surface area contributed by atoms with E-state index in [9.17, 15) is 29.1 Å². The molecule has 0 radical (unpaired) electrons. The van der Waals surface area contributed by atoms with E-state index in [2.05, 4.69) is 4.84 Å². The Morgan fingerprint density at radius 3 is 2.26 bits per heavy atom. The maximum Gasteiger partial charge on any atom is 0.509 e. The summed E-state index contributed by atoms with van der Waals surface area (Å²) in [5.41, 5.74) is -0.950. The first kappa shape index (κ1) is 37.3. The van der Waals surface area contributed by atoms with Crippen LogP contribution in [0.4, 0.5) is 4.79 Å². The van der Waals surface area contributed by atoms with Crippen molar-refractivity contribution < 1.29 is 63.3 Å². The van der Waals surface area contributed by atoms with Gasteiger partial charge in [-0.1, -0.05) is 49.8 Å². The molecule has 0 bridgehead atoms. The van der Waals surface area contributed by atoms with Crippen molar-refractivity contribution in [2.75, 3.05) is 13.2 Å². The Labute approximate surface area is 289 Å². The normalized spacial score (nSPS) is 31.2. The lowest BCUT2D eigenvalue weighted by atomic mass is 9.46. The Hall–Kier alpha value is -3.95. The summed E-state index contributed by atoms with van der Waals surface area (Å²) in [5, 5.41) is 28.6. The number of hydrogen-bond acceptors (Lipinski definition) is 14. The van der Waals surface area contributed by atoms with Crippen LogP contribution in [0.1, 0.15) is 76.8 Å². The van der Waals surface area contributed by atoms with Crippen LogP contribution in [0.3, 0.4) is 0 Å². The number of rotatable bonds is 13. The topological polar surface area (TPSA) is 195 Å². The summed E-state index contributed by atoms with van der Waals surface area (Å²) in [6, 6.07) is 6.63. The predicted molar refractivity (Wildman–Crippen MR) is 170 cm³/mol. The van der Waals surface area contributed by atoms with Gasteiger partial charge in [-0.25, -0.2) is 9.63 Å². The van der Waals surface area contributed by atoms with E-state index in [4.69, 9.17) is 29.4 Å². The van der Waals surface area contributed by atoms with Gasteiger partial charge in [0.1, 0.15) is 6.61 Å². The van der Waals surface area contributed by atoms with Gasteiger partial charge in [-0.05, 0) is 74.1 Å². The molecule has 1 aromatic rings. The highest BCUT2D eigenvalue weighted by atomic mass is 17.1. The molecule has 7 atom stereocenters. The number of aliphatic hydroxyl groups excluding tert-OH is 1. The van der Waals surface area contributed by atoms with Crippen LogP contribution in [0.25, 0.3) is 0 Å². The molecule has 14 heteroatoms. The number of carbonyl (C=O) groups is 5. The summed E-state index contributed by atoms with van der Waals surface area (Å²) < 4.78 is 21.5. The van der Waals surface area contributed by atoms with E-state index in [0.717, 1.165) is 5.57 Å². The molecule has 1 aromatic carbocycles. The zero-order chi connectivity index (χ0) is 36.3. The summed E-state index contributed by atoms with van der Waals surface area (Å²) in [7, 11) is 0. The number of nitrogens with zero attached hydrogens (tertiary/aromatic N) is 1. The lowest BCUT2D eigenvalue weighted by Crippen LogP contribution is -2.63. The molecule has 3 fully saturated rings. The van der Waals surface area contributed by atoms with Crippen molar-refractivity contribution in [2.24, 2.45) is 28.6 Å². The Kier molecular flexibility index (Phi) is 11.3. The molecule has 0 spiro atoms. The average Bonchev–Trinajstić information content (AvgIpc) is 3.36. The number of allylic oxidation sites excluding steroid dienone is 4. The van der Waals surface area contributed by atoms with Gasteiger partial charge in [-0.15, -0.1) is 0 Å². The Morgan fingerprint density at radius 2 is 1.60 bits per heavy atom. The quantitative estimate of drug-likeness (QED) is 0.150. The van der Waals surface area contributed by atoms with Gasteiger partial charge in [-0.3, -0.25) is 29.6 Å². The van der Waals surface area contributed by atoms with Crippen LogP contribution in [0, 0.1) is 28.6 Å². The molecular formula is C36H45NO13.